The minimum atomic E-state index is -0.677. The van der Waals surface area contributed by atoms with Crippen LogP contribution in [0.1, 0.15) is 58.8 Å². The van der Waals surface area contributed by atoms with Crippen molar-refractivity contribution >= 4 is 5.97 Å². The summed E-state index contributed by atoms with van der Waals surface area (Å²) in [6.07, 6.45) is 7.68. The molecule has 2 unspecified atom stereocenters. The second-order valence-electron chi connectivity index (χ2n) is 6.14. The van der Waals surface area contributed by atoms with E-state index in [9.17, 15) is 4.79 Å². The number of hydrogen-bond donors (Lipinski definition) is 1. The van der Waals surface area contributed by atoms with Crippen molar-refractivity contribution in [3.05, 3.63) is 0 Å². The summed E-state index contributed by atoms with van der Waals surface area (Å²) in [5, 5.41) is 8.66. The Kier molecular flexibility index (Phi) is 6.69. The van der Waals surface area contributed by atoms with E-state index >= 15 is 0 Å². The molecule has 0 amide bonds. The fraction of sp³-hybridized carbons (Fsp3) is 0.933. The number of carbonyl (C=O) groups is 1. The Balaban J connectivity index is 2.30. The molecule has 3 nitrogen and oxygen atoms in total. The van der Waals surface area contributed by atoms with Crippen molar-refractivity contribution in [1.82, 2.24) is 4.90 Å². The zero-order chi connectivity index (χ0) is 13.5. The standard InChI is InChI=1S/C15H29NO2/c1-12(2)13-6-4-7-14(10-9-13)16(3)11-5-8-15(17)18/h12-14H,4-11H2,1-3H3,(H,17,18). The lowest BCUT2D eigenvalue weighted by Gasteiger charge is -2.27. The van der Waals surface area contributed by atoms with Crippen molar-refractivity contribution in [2.45, 2.75) is 64.8 Å². The zero-order valence-electron chi connectivity index (χ0n) is 12.2. The Morgan fingerprint density at radius 3 is 2.61 bits per heavy atom. The molecular weight excluding hydrogens is 226 g/mol. The average molecular weight is 255 g/mol. The monoisotopic (exact) mass is 255 g/mol. The lowest BCUT2D eigenvalue weighted by atomic mass is 9.89. The lowest BCUT2D eigenvalue weighted by molar-refractivity contribution is -0.137. The SMILES string of the molecule is CC(C)C1CCCC(N(C)CCCC(=O)O)CC1. The van der Waals surface area contributed by atoms with Crippen molar-refractivity contribution in [3.63, 3.8) is 0 Å². The highest BCUT2D eigenvalue weighted by Gasteiger charge is 2.23. The van der Waals surface area contributed by atoms with E-state index in [2.05, 4.69) is 25.8 Å². The topological polar surface area (TPSA) is 40.5 Å². The molecule has 0 saturated heterocycles. The molecule has 0 aromatic carbocycles. The van der Waals surface area contributed by atoms with Crippen molar-refractivity contribution in [1.29, 1.82) is 0 Å². The summed E-state index contributed by atoms with van der Waals surface area (Å²) in [4.78, 5) is 12.9. The summed E-state index contributed by atoms with van der Waals surface area (Å²) in [5.74, 6) is 1.02. The van der Waals surface area contributed by atoms with E-state index < -0.39 is 5.97 Å². The Bertz CT molecular complexity index is 253. The molecule has 2 atom stereocenters. The van der Waals surface area contributed by atoms with Crippen LogP contribution in [0.3, 0.4) is 0 Å². The van der Waals surface area contributed by atoms with E-state index in [1.165, 1.54) is 32.1 Å². The van der Waals surface area contributed by atoms with Gasteiger partial charge < -0.3 is 10.0 Å². The van der Waals surface area contributed by atoms with Gasteiger partial charge in [0.05, 0.1) is 0 Å². The molecule has 1 aliphatic rings. The van der Waals surface area contributed by atoms with Crippen molar-refractivity contribution in [3.8, 4) is 0 Å². The molecule has 1 fully saturated rings. The molecule has 0 aliphatic heterocycles. The van der Waals surface area contributed by atoms with Gasteiger partial charge in [-0.3, -0.25) is 4.79 Å². The van der Waals surface area contributed by atoms with Gasteiger partial charge in [0.25, 0.3) is 0 Å². The summed E-state index contributed by atoms with van der Waals surface area (Å²) >= 11 is 0. The minimum absolute atomic E-state index is 0.297. The second-order valence-corrected chi connectivity index (χ2v) is 6.14. The molecule has 0 heterocycles. The van der Waals surface area contributed by atoms with E-state index in [1.54, 1.807) is 0 Å². The van der Waals surface area contributed by atoms with E-state index in [4.69, 9.17) is 5.11 Å². The maximum absolute atomic E-state index is 10.5. The van der Waals surface area contributed by atoms with Crippen LogP contribution in [0.5, 0.6) is 0 Å². The Labute approximate surface area is 112 Å². The van der Waals surface area contributed by atoms with Crippen LogP contribution in [0.25, 0.3) is 0 Å². The molecule has 0 aromatic rings. The number of carboxylic acids is 1. The highest BCUT2D eigenvalue weighted by Crippen LogP contribution is 2.30. The van der Waals surface area contributed by atoms with Crippen molar-refractivity contribution in [2.75, 3.05) is 13.6 Å². The molecule has 0 spiro atoms. The molecule has 106 valence electrons. The van der Waals surface area contributed by atoms with Gasteiger partial charge in [0.2, 0.25) is 0 Å². The van der Waals surface area contributed by atoms with Crippen LogP contribution in [0.15, 0.2) is 0 Å². The second kappa shape index (κ2) is 7.78. The molecule has 0 bridgehead atoms. The van der Waals surface area contributed by atoms with Crippen LogP contribution in [0.4, 0.5) is 0 Å². The summed E-state index contributed by atoms with van der Waals surface area (Å²) < 4.78 is 0. The molecule has 1 N–H and O–H groups in total. The number of aliphatic carboxylic acids is 1. The molecule has 0 radical (unpaired) electrons. The quantitative estimate of drug-likeness (QED) is 0.740. The predicted molar refractivity (Wildman–Crippen MR) is 74.7 cm³/mol. The smallest absolute Gasteiger partial charge is 0.303 e. The number of hydrogen-bond acceptors (Lipinski definition) is 2. The first kappa shape index (κ1) is 15.5. The molecule has 1 rings (SSSR count). The van der Waals surface area contributed by atoms with E-state index in [-0.39, 0.29) is 0 Å². The number of nitrogens with zero attached hydrogens (tertiary/aromatic N) is 1. The first-order valence-corrected chi connectivity index (χ1v) is 7.42. The molecule has 1 aliphatic carbocycles. The van der Waals surface area contributed by atoms with Crippen LogP contribution in [-0.2, 0) is 4.79 Å². The Morgan fingerprint density at radius 1 is 1.28 bits per heavy atom. The third-order valence-electron chi connectivity index (χ3n) is 4.45. The summed E-state index contributed by atoms with van der Waals surface area (Å²) in [6, 6.07) is 0.669. The third-order valence-corrected chi connectivity index (χ3v) is 4.45. The molecular formula is C15H29NO2. The predicted octanol–water partition coefficient (Wildman–Crippen LogP) is 3.39. The Morgan fingerprint density at radius 2 is 2.00 bits per heavy atom. The van der Waals surface area contributed by atoms with Crippen LogP contribution in [-0.4, -0.2) is 35.6 Å². The van der Waals surface area contributed by atoms with Crippen molar-refractivity contribution in [2.24, 2.45) is 11.8 Å². The van der Waals surface area contributed by atoms with Crippen LogP contribution in [0, 0.1) is 11.8 Å². The first-order valence-electron chi connectivity index (χ1n) is 7.42. The van der Waals surface area contributed by atoms with Gasteiger partial charge in [0.15, 0.2) is 0 Å². The Hall–Kier alpha value is -0.570. The summed E-state index contributed by atoms with van der Waals surface area (Å²) in [5.41, 5.74) is 0. The zero-order valence-corrected chi connectivity index (χ0v) is 12.2. The summed E-state index contributed by atoms with van der Waals surface area (Å²) in [7, 11) is 2.15. The normalized spacial score (nSPS) is 25.4. The van der Waals surface area contributed by atoms with Gasteiger partial charge in [-0.15, -0.1) is 0 Å². The number of rotatable bonds is 6. The van der Waals surface area contributed by atoms with E-state index in [0.717, 1.165) is 24.8 Å². The maximum Gasteiger partial charge on any atom is 0.303 e. The first-order chi connectivity index (χ1) is 8.50. The fourth-order valence-electron chi connectivity index (χ4n) is 3.08. The molecule has 3 heteroatoms. The van der Waals surface area contributed by atoms with Crippen molar-refractivity contribution < 1.29 is 9.90 Å². The lowest BCUT2D eigenvalue weighted by Crippen LogP contribution is -2.32. The van der Waals surface area contributed by atoms with Gasteiger partial charge in [0, 0.05) is 12.5 Å². The van der Waals surface area contributed by atoms with Gasteiger partial charge in [-0.1, -0.05) is 26.7 Å². The molecule has 1 saturated carbocycles. The van der Waals surface area contributed by atoms with Gasteiger partial charge in [0.1, 0.15) is 0 Å². The van der Waals surface area contributed by atoms with Gasteiger partial charge in [-0.2, -0.15) is 0 Å². The molecule has 18 heavy (non-hydrogen) atoms. The van der Waals surface area contributed by atoms with E-state index in [0.29, 0.717) is 12.5 Å². The highest BCUT2D eigenvalue weighted by molar-refractivity contribution is 5.66. The van der Waals surface area contributed by atoms with Gasteiger partial charge in [-0.05, 0) is 51.1 Å². The largest absolute Gasteiger partial charge is 0.481 e. The maximum atomic E-state index is 10.5. The van der Waals surface area contributed by atoms with Crippen LogP contribution in [0.2, 0.25) is 0 Å². The summed E-state index contributed by atoms with van der Waals surface area (Å²) in [6.45, 7) is 5.59. The molecule has 0 aromatic heterocycles. The fourth-order valence-corrected chi connectivity index (χ4v) is 3.08. The third kappa shape index (κ3) is 5.38. The van der Waals surface area contributed by atoms with Gasteiger partial charge >= 0.3 is 5.97 Å². The number of carboxylic acid groups (broad SMARTS) is 1. The van der Waals surface area contributed by atoms with E-state index in [1.807, 2.05) is 0 Å². The van der Waals surface area contributed by atoms with Crippen LogP contribution >= 0.6 is 0 Å². The van der Waals surface area contributed by atoms with Gasteiger partial charge in [-0.25, -0.2) is 0 Å². The minimum Gasteiger partial charge on any atom is -0.481 e. The van der Waals surface area contributed by atoms with Crippen LogP contribution < -0.4 is 0 Å². The average Bonchev–Trinajstić information content (AvgIpc) is 2.53. The highest BCUT2D eigenvalue weighted by atomic mass is 16.4.